The van der Waals surface area contributed by atoms with Gasteiger partial charge < -0.3 is 10.5 Å². The predicted octanol–water partition coefficient (Wildman–Crippen LogP) is 1.58. The molecule has 1 aliphatic rings. The highest BCUT2D eigenvalue weighted by Gasteiger charge is 2.35. The largest absolute Gasteiger partial charge is 0.381 e. The zero-order valence-electron chi connectivity index (χ0n) is 12.1. The molecule has 4 heteroatoms. The number of hydrogen-bond donors (Lipinski definition) is 1. The minimum absolute atomic E-state index is 0.139. The average Bonchev–Trinajstić information content (AvgIpc) is 2.87. The van der Waals surface area contributed by atoms with Crippen molar-refractivity contribution in [2.45, 2.75) is 26.8 Å². The lowest BCUT2D eigenvalue weighted by atomic mass is 9.87. The van der Waals surface area contributed by atoms with E-state index >= 15 is 0 Å². The van der Waals surface area contributed by atoms with Crippen LogP contribution in [0.25, 0.3) is 0 Å². The van der Waals surface area contributed by atoms with Crippen molar-refractivity contribution in [3.63, 3.8) is 0 Å². The average molecular weight is 263 g/mol. The van der Waals surface area contributed by atoms with Crippen molar-refractivity contribution in [1.29, 1.82) is 0 Å². The van der Waals surface area contributed by atoms with E-state index in [9.17, 15) is 0 Å². The highest BCUT2D eigenvalue weighted by atomic mass is 16.5. The summed E-state index contributed by atoms with van der Waals surface area (Å²) in [6.07, 6.45) is 1.07. The van der Waals surface area contributed by atoms with E-state index in [0.717, 1.165) is 50.7 Å². The number of nitrogens with two attached hydrogens (primary N) is 1. The minimum atomic E-state index is 0.139. The third-order valence-corrected chi connectivity index (χ3v) is 3.96. The first kappa shape index (κ1) is 14.4. The lowest BCUT2D eigenvalue weighted by molar-refractivity contribution is 0.113. The van der Waals surface area contributed by atoms with Gasteiger partial charge in [0.1, 0.15) is 0 Å². The van der Waals surface area contributed by atoms with Gasteiger partial charge in [-0.15, -0.1) is 0 Å². The van der Waals surface area contributed by atoms with Gasteiger partial charge in [-0.25, -0.2) is 0 Å². The summed E-state index contributed by atoms with van der Waals surface area (Å²) in [4.78, 5) is 7.00. The molecule has 0 bridgehead atoms. The molecular formula is C15H25N3O. The molecule has 106 valence electrons. The highest BCUT2D eigenvalue weighted by Crippen LogP contribution is 2.28. The Kier molecular flexibility index (Phi) is 4.91. The monoisotopic (exact) mass is 263 g/mol. The summed E-state index contributed by atoms with van der Waals surface area (Å²) < 4.78 is 5.54. The first-order valence-corrected chi connectivity index (χ1v) is 7.10. The Morgan fingerprint density at radius 3 is 2.89 bits per heavy atom. The normalized spacial score (nSPS) is 23.2. The first-order chi connectivity index (χ1) is 9.17. The first-order valence-electron chi connectivity index (χ1n) is 7.10. The molecule has 1 fully saturated rings. The fourth-order valence-electron chi connectivity index (χ4n) is 2.67. The Morgan fingerprint density at radius 1 is 1.47 bits per heavy atom. The number of pyridine rings is 1. The fraction of sp³-hybridized carbons (Fsp3) is 0.667. The SMILES string of the molecule is CCN(Cc1cccc(C)n1)CC1(CN)CCOC1. The maximum atomic E-state index is 5.97. The smallest absolute Gasteiger partial charge is 0.0547 e. The van der Waals surface area contributed by atoms with E-state index in [-0.39, 0.29) is 5.41 Å². The lowest BCUT2D eigenvalue weighted by Crippen LogP contribution is -2.43. The van der Waals surface area contributed by atoms with Crippen LogP contribution in [-0.2, 0) is 11.3 Å². The van der Waals surface area contributed by atoms with Gasteiger partial charge in [0.05, 0.1) is 12.3 Å². The van der Waals surface area contributed by atoms with E-state index < -0.39 is 0 Å². The molecule has 1 saturated heterocycles. The summed E-state index contributed by atoms with van der Waals surface area (Å²) in [6, 6.07) is 6.20. The molecule has 0 amide bonds. The van der Waals surface area contributed by atoms with Crippen LogP contribution in [-0.4, -0.2) is 42.7 Å². The summed E-state index contributed by atoms with van der Waals surface area (Å²) in [7, 11) is 0. The Morgan fingerprint density at radius 2 is 2.32 bits per heavy atom. The van der Waals surface area contributed by atoms with Crippen LogP contribution in [0.3, 0.4) is 0 Å². The Bertz CT molecular complexity index is 402. The van der Waals surface area contributed by atoms with Gasteiger partial charge in [-0.05, 0) is 32.0 Å². The molecular weight excluding hydrogens is 238 g/mol. The third-order valence-electron chi connectivity index (χ3n) is 3.96. The molecule has 2 heterocycles. The molecule has 0 aromatic carbocycles. The number of aryl methyl sites for hydroxylation is 1. The number of rotatable bonds is 6. The molecule has 1 unspecified atom stereocenters. The predicted molar refractivity (Wildman–Crippen MR) is 76.8 cm³/mol. The maximum absolute atomic E-state index is 5.97. The zero-order valence-corrected chi connectivity index (χ0v) is 12.1. The van der Waals surface area contributed by atoms with Crippen LogP contribution in [0.1, 0.15) is 24.7 Å². The summed E-state index contributed by atoms with van der Waals surface area (Å²) in [5.74, 6) is 0. The number of nitrogens with zero attached hydrogens (tertiary/aromatic N) is 2. The van der Waals surface area contributed by atoms with E-state index in [2.05, 4.69) is 28.9 Å². The van der Waals surface area contributed by atoms with Crippen LogP contribution >= 0.6 is 0 Å². The van der Waals surface area contributed by atoms with Gasteiger partial charge in [-0.2, -0.15) is 0 Å². The summed E-state index contributed by atoms with van der Waals surface area (Å²) in [5.41, 5.74) is 8.31. The van der Waals surface area contributed by atoms with E-state index in [4.69, 9.17) is 10.5 Å². The number of hydrogen-bond acceptors (Lipinski definition) is 4. The second-order valence-corrected chi connectivity index (χ2v) is 5.58. The quantitative estimate of drug-likeness (QED) is 0.846. The molecule has 1 aliphatic heterocycles. The molecule has 2 rings (SSSR count). The van der Waals surface area contributed by atoms with Crippen LogP contribution < -0.4 is 5.73 Å². The van der Waals surface area contributed by atoms with E-state index in [1.807, 2.05) is 13.0 Å². The van der Waals surface area contributed by atoms with Gasteiger partial charge in [0, 0.05) is 37.4 Å². The molecule has 19 heavy (non-hydrogen) atoms. The van der Waals surface area contributed by atoms with Gasteiger partial charge in [-0.3, -0.25) is 9.88 Å². The second-order valence-electron chi connectivity index (χ2n) is 5.58. The van der Waals surface area contributed by atoms with Crippen LogP contribution in [0.2, 0.25) is 0 Å². The fourth-order valence-corrected chi connectivity index (χ4v) is 2.67. The van der Waals surface area contributed by atoms with E-state index in [1.165, 1.54) is 0 Å². The van der Waals surface area contributed by atoms with Gasteiger partial charge in [-0.1, -0.05) is 13.0 Å². The molecule has 2 N–H and O–H groups in total. The van der Waals surface area contributed by atoms with Crippen molar-refractivity contribution in [3.05, 3.63) is 29.6 Å². The van der Waals surface area contributed by atoms with E-state index in [1.54, 1.807) is 0 Å². The minimum Gasteiger partial charge on any atom is -0.381 e. The van der Waals surface area contributed by atoms with Crippen LogP contribution in [0.4, 0.5) is 0 Å². The van der Waals surface area contributed by atoms with Crippen molar-refractivity contribution < 1.29 is 4.74 Å². The maximum Gasteiger partial charge on any atom is 0.0547 e. The van der Waals surface area contributed by atoms with Gasteiger partial charge in [0.2, 0.25) is 0 Å². The summed E-state index contributed by atoms with van der Waals surface area (Å²) in [5, 5.41) is 0. The molecule has 0 saturated carbocycles. The Hall–Kier alpha value is -0.970. The molecule has 1 aromatic heterocycles. The van der Waals surface area contributed by atoms with Crippen LogP contribution in [0.15, 0.2) is 18.2 Å². The zero-order chi connectivity index (χ0) is 13.7. The van der Waals surface area contributed by atoms with Crippen molar-refractivity contribution in [2.24, 2.45) is 11.1 Å². The van der Waals surface area contributed by atoms with Gasteiger partial charge in [0.15, 0.2) is 0 Å². The second kappa shape index (κ2) is 6.46. The topological polar surface area (TPSA) is 51.4 Å². The molecule has 1 aromatic rings. The summed E-state index contributed by atoms with van der Waals surface area (Å²) >= 11 is 0. The molecule has 4 nitrogen and oxygen atoms in total. The third kappa shape index (κ3) is 3.75. The van der Waals surface area contributed by atoms with E-state index in [0.29, 0.717) is 6.54 Å². The van der Waals surface area contributed by atoms with Gasteiger partial charge in [0.25, 0.3) is 0 Å². The molecule has 1 atom stereocenters. The Labute approximate surface area is 116 Å². The highest BCUT2D eigenvalue weighted by molar-refractivity contribution is 5.09. The standard InChI is InChI=1S/C15H25N3O/c1-3-18(9-14-6-4-5-13(2)17-14)11-15(10-16)7-8-19-12-15/h4-6H,3,7-12,16H2,1-2H3. The van der Waals surface area contributed by atoms with Crippen molar-refractivity contribution in [2.75, 3.05) is 32.8 Å². The lowest BCUT2D eigenvalue weighted by Gasteiger charge is -2.32. The van der Waals surface area contributed by atoms with Crippen molar-refractivity contribution in [3.8, 4) is 0 Å². The molecule has 0 aliphatic carbocycles. The number of ether oxygens (including phenoxy) is 1. The van der Waals surface area contributed by atoms with Crippen LogP contribution in [0, 0.1) is 12.3 Å². The van der Waals surface area contributed by atoms with Crippen LogP contribution in [0.5, 0.6) is 0 Å². The van der Waals surface area contributed by atoms with Crippen molar-refractivity contribution in [1.82, 2.24) is 9.88 Å². The van der Waals surface area contributed by atoms with Gasteiger partial charge >= 0.3 is 0 Å². The Balaban J connectivity index is 2.00. The summed E-state index contributed by atoms with van der Waals surface area (Å²) in [6.45, 7) is 9.46. The molecule has 0 spiro atoms. The van der Waals surface area contributed by atoms with Crippen molar-refractivity contribution >= 4 is 0 Å². The molecule has 0 radical (unpaired) electrons. The number of aromatic nitrogens is 1.